The summed E-state index contributed by atoms with van der Waals surface area (Å²) in [6, 6.07) is 0. The minimum Gasteiger partial charge on any atom is -0.737 e. The molecular weight excluding hydrogens is 203 g/mol. The Balaban J connectivity index is -0.000000177. The fourth-order valence-corrected chi connectivity index (χ4v) is 0.214. The Morgan fingerprint density at radius 2 is 1.36 bits per heavy atom. The van der Waals surface area contributed by atoms with E-state index in [1.54, 1.807) is 0 Å². The van der Waals surface area contributed by atoms with Gasteiger partial charge < -0.3 is 27.6 Å². The minimum atomic E-state index is -1.08. The molecule has 0 saturated heterocycles. The molecule has 0 aromatic rings. The molecule has 0 amide bonds. The summed E-state index contributed by atoms with van der Waals surface area (Å²) in [7, 11) is 0. The topological polar surface area (TPSA) is 91.7 Å². The van der Waals surface area contributed by atoms with E-state index < -0.39 is 17.1 Å². The van der Waals surface area contributed by atoms with E-state index in [1.165, 1.54) is 0 Å². The number of rotatable bonds is 4. The third kappa shape index (κ3) is 30.4. The SMILES string of the molecule is C=CC(=O)[S-].O=C(O)CCC(=O)O.[Li+]. The summed E-state index contributed by atoms with van der Waals surface area (Å²) >= 11 is 4.02. The standard InChI is InChI=1S/C4H6O4.C3H4OS.Li/c5-3(6)1-2-4(7)8;1-2-3(4)5;/h1-2H2,(H,5,6)(H,7,8);2H,1H2,(H,4,5);/q;;+1/p-1. The van der Waals surface area contributed by atoms with Gasteiger partial charge in [0.25, 0.3) is 0 Å². The summed E-state index contributed by atoms with van der Waals surface area (Å²) in [5, 5.41) is 15.4. The molecule has 0 bridgehead atoms. The molecule has 0 radical (unpaired) electrons. The van der Waals surface area contributed by atoms with Crippen LogP contribution in [0.5, 0.6) is 0 Å². The van der Waals surface area contributed by atoms with Crippen LogP contribution in [0.1, 0.15) is 12.8 Å². The summed E-state index contributed by atoms with van der Waals surface area (Å²) in [5.74, 6) is -2.15. The average Bonchev–Trinajstić information content (AvgIpc) is 2.02. The normalized spacial score (nSPS) is 7.14. The second-order valence-electron chi connectivity index (χ2n) is 1.81. The Morgan fingerprint density at radius 3 is 1.43 bits per heavy atom. The van der Waals surface area contributed by atoms with Gasteiger partial charge in [0.15, 0.2) is 0 Å². The summed E-state index contributed by atoms with van der Waals surface area (Å²) in [6.45, 7) is 3.11. The molecular formula is C7H9LiO5S. The molecule has 0 atom stereocenters. The summed E-state index contributed by atoms with van der Waals surface area (Å²) < 4.78 is 0. The Hall–Kier alpha value is -0.833. The van der Waals surface area contributed by atoms with Crippen LogP contribution in [0.15, 0.2) is 12.7 Å². The largest absolute Gasteiger partial charge is 1.00 e. The van der Waals surface area contributed by atoms with Crippen molar-refractivity contribution in [2.24, 2.45) is 0 Å². The van der Waals surface area contributed by atoms with Crippen LogP contribution in [0.3, 0.4) is 0 Å². The molecule has 0 aliphatic rings. The first-order chi connectivity index (χ1) is 5.90. The Kier molecular flexibility index (Phi) is 16.4. The molecule has 0 aliphatic heterocycles. The molecule has 5 nitrogen and oxygen atoms in total. The molecule has 0 heterocycles. The average molecular weight is 212 g/mol. The van der Waals surface area contributed by atoms with E-state index in [9.17, 15) is 14.4 Å². The van der Waals surface area contributed by atoms with Crippen molar-refractivity contribution >= 4 is 29.7 Å². The van der Waals surface area contributed by atoms with Gasteiger partial charge in [-0.1, -0.05) is 6.58 Å². The van der Waals surface area contributed by atoms with E-state index in [2.05, 4.69) is 19.2 Å². The molecule has 2 N–H and O–H groups in total. The molecule has 0 fully saturated rings. The number of carboxylic acid groups (broad SMARTS) is 2. The summed E-state index contributed by atoms with van der Waals surface area (Å²) in [5.41, 5.74) is 0. The Morgan fingerprint density at radius 1 is 1.14 bits per heavy atom. The first-order valence-electron chi connectivity index (χ1n) is 3.17. The van der Waals surface area contributed by atoms with Gasteiger partial charge in [0, 0.05) is 5.12 Å². The van der Waals surface area contributed by atoms with Gasteiger partial charge in [-0.2, -0.15) is 0 Å². The second-order valence-corrected chi connectivity index (χ2v) is 2.21. The number of carboxylic acids is 2. The van der Waals surface area contributed by atoms with Gasteiger partial charge in [0.2, 0.25) is 0 Å². The predicted octanol–water partition coefficient (Wildman–Crippen LogP) is -2.81. The fourth-order valence-electron chi connectivity index (χ4n) is 0.214. The molecule has 0 aromatic heterocycles. The van der Waals surface area contributed by atoms with Gasteiger partial charge in [0.05, 0.1) is 12.8 Å². The van der Waals surface area contributed by atoms with Crippen LogP contribution in [-0.2, 0) is 27.0 Å². The third-order valence-corrected chi connectivity index (χ3v) is 0.886. The summed E-state index contributed by atoms with van der Waals surface area (Å²) in [6.07, 6.45) is 0.500. The molecule has 0 aromatic carbocycles. The maximum atomic E-state index is 9.64. The first-order valence-corrected chi connectivity index (χ1v) is 3.58. The van der Waals surface area contributed by atoms with Crippen molar-refractivity contribution in [3.63, 3.8) is 0 Å². The van der Waals surface area contributed by atoms with E-state index in [0.29, 0.717) is 0 Å². The van der Waals surface area contributed by atoms with Crippen LogP contribution in [0.2, 0.25) is 0 Å². The van der Waals surface area contributed by atoms with Crippen LogP contribution in [0, 0.1) is 0 Å². The van der Waals surface area contributed by atoms with Crippen molar-refractivity contribution in [1.82, 2.24) is 0 Å². The fraction of sp³-hybridized carbons (Fsp3) is 0.286. The van der Waals surface area contributed by atoms with Crippen molar-refractivity contribution < 1.29 is 43.5 Å². The molecule has 0 saturated carbocycles. The number of carbonyl (C=O) groups is 3. The Labute approximate surface area is 98.8 Å². The van der Waals surface area contributed by atoms with Gasteiger partial charge >= 0.3 is 30.8 Å². The zero-order valence-electron chi connectivity index (χ0n) is 7.73. The van der Waals surface area contributed by atoms with E-state index in [4.69, 9.17) is 10.2 Å². The van der Waals surface area contributed by atoms with Crippen LogP contribution >= 0.6 is 0 Å². The quantitative estimate of drug-likeness (QED) is 0.297. The number of aliphatic carboxylic acids is 2. The van der Waals surface area contributed by atoms with Crippen molar-refractivity contribution in [3.8, 4) is 0 Å². The maximum Gasteiger partial charge on any atom is 1.00 e. The van der Waals surface area contributed by atoms with E-state index >= 15 is 0 Å². The van der Waals surface area contributed by atoms with Crippen LogP contribution < -0.4 is 18.9 Å². The molecule has 0 aliphatic carbocycles. The van der Waals surface area contributed by atoms with Crippen LogP contribution in [0.4, 0.5) is 0 Å². The molecule has 74 valence electrons. The maximum absolute atomic E-state index is 9.64. The minimum absolute atomic E-state index is 0. The molecule has 0 unspecified atom stereocenters. The smallest absolute Gasteiger partial charge is 0.737 e. The molecule has 0 rings (SSSR count). The summed E-state index contributed by atoms with van der Waals surface area (Å²) in [4.78, 5) is 28.8. The predicted molar refractivity (Wildman–Crippen MR) is 47.1 cm³/mol. The number of carbonyl (C=O) groups excluding carboxylic acids is 1. The van der Waals surface area contributed by atoms with Crippen LogP contribution in [0.25, 0.3) is 0 Å². The van der Waals surface area contributed by atoms with E-state index in [-0.39, 0.29) is 31.7 Å². The van der Waals surface area contributed by atoms with E-state index in [1.807, 2.05) is 0 Å². The second kappa shape index (κ2) is 12.2. The van der Waals surface area contributed by atoms with Crippen molar-refractivity contribution in [3.05, 3.63) is 12.7 Å². The molecule has 0 spiro atoms. The Bertz CT molecular complexity index is 202. The van der Waals surface area contributed by atoms with Crippen molar-refractivity contribution in [2.45, 2.75) is 12.8 Å². The van der Waals surface area contributed by atoms with Gasteiger partial charge in [-0.15, -0.1) is 0 Å². The zero-order chi connectivity index (χ0) is 10.9. The van der Waals surface area contributed by atoms with Gasteiger partial charge in [0.1, 0.15) is 0 Å². The van der Waals surface area contributed by atoms with Gasteiger partial charge in [-0.05, 0) is 6.08 Å². The van der Waals surface area contributed by atoms with Gasteiger partial charge in [-0.25, -0.2) is 0 Å². The monoisotopic (exact) mass is 212 g/mol. The molecule has 14 heavy (non-hydrogen) atoms. The van der Waals surface area contributed by atoms with Crippen molar-refractivity contribution in [2.75, 3.05) is 0 Å². The zero-order valence-corrected chi connectivity index (χ0v) is 8.54. The molecule has 7 heteroatoms. The third-order valence-electron chi connectivity index (χ3n) is 0.719. The van der Waals surface area contributed by atoms with Crippen molar-refractivity contribution in [1.29, 1.82) is 0 Å². The number of hydrogen-bond donors (Lipinski definition) is 2. The first kappa shape index (κ1) is 18.9. The van der Waals surface area contributed by atoms with Crippen LogP contribution in [-0.4, -0.2) is 27.3 Å². The number of hydrogen-bond acceptors (Lipinski definition) is 4. The van der Waals surface area contributed by atoms with E-state index in [0.717, 1.165) is 6.08 Å². The van der Waals surface area contributed by atoms with Gasteiger partial charge in [-0.3, -0.25) is 9.59 Å².